The van der Waals surface area contributed by atoms with Gasteiger partial charge in [0.1, 0.15) is 5.75 Å². The van der Waals surface area contributed by atoms with Crippen molar-refractivity contribution in [1.29, 1.82) is 0 Å². The quantitative estimate of drug-likeness (QED) is 0.200. The molecule has 0 aromatic heterocycles. The first-order chi connectivity index (χ1) is 20.2. The van der Waals surface area contributed by atoms with Gasteiger partial charge in [-0.3, -0.25) is 28.9 Å². The summed E-state index contributed by atoms with van der Waals surface area (Å²) in [4.78, 5) is 67.7. The van der Waals surface area contributed by atoms with Crippen molar-refractivity contribution in [3.8, 4) is 5.75 Å². The van der Waals surface area contributed by atoms with Gasteiger partial charge in [0.2, 0.25) is 11.8 Å². The molecule has 3 aromatic carbocycles. The van der Waals surface area contributed by atoms with Gasteiger partial charge in [0.05, 0.1) is 17.5 Å². The van der Waals surface area contributed by atoms with E-state index in [1.165, 1.54) is 17.9 Å². The minimum atomic E-state index is -0.726. The molecule has 1 fully saturated rings. The number of fused-ring (bicyclic) bond motifs is 4. The van der Waals surface area contributed by atoms with Crippen molar-refractivity contribution in [3.05, 3.63) is 106 Å². The highest BCUT2D eigenvalue weighted by atomic mass is 16.3. The Labute approximate surface area is 241 Å². The van der Waals surface area contributed by atoms with Gasteiger partial charge >= 0.3 is 0 Å². The molecule has 208 valence electrons. The Kier molecular flexibility index (Phi) is 5.77. The molecule has 0 bridgehead atoms. The number of hydrogen-bond donors (Lipinski definition) is 1. The van der Waals surface area contributed by atoms with E-state index in [2.05, 4.69) is 0 Å². The number of imide groups is 1. The van der Waals surface area contributed by atoms with E-state index in [1.807, 2.05) is 36.4 Å². The normalized spacial score (nSPS) is 25.2. The maximum absolute atomic E-state index is 14.0. The third-order valence-electron chi connectivity index (χ3n) is 9.34. The molecule has 0 radical (unpaired) electrons. The second-order valence-corrected chi connectivity index (χ2v) is 11.6. The third kappa shape index (κ3) is 3.62. The standard InChI is InChI=1S/C35H27NO6/c1-17-15-28(38)27-16-26-23(29(31(27)32(17)39)24-12-9-20-5-3-4-6-22(20)33(24)40)13-14-25-30(26)35(42)36(34(25)41)21-10-7-19(8-11-21)18(2)37/h3-13,15,25-26,29-30,40H,14,16H2,1-2H3/t25-,26+,29+,30-/m0/s1. The highest BCUT2D eigenvalue weighted by Gasteiger charge is 2.56. The summed E-state index contributed by atoms with van der Waals surface area (Å²) in [5.41, 5.74) is 3.19. The number of Topliss-reactive ketones (excluding diaryl/α,β-unsaturated/α-hetero) is 2. The van der Waals surface area contributed by atoms with Gasteiger partial charge < -0.3 is 5.11 Å². The number of rotatable bonds is 3. The van der Waals surface area contributed by atoms with Gasteiger partial charge in [-0.25, -0.2) is 0 Å². The van der Waals surface area contributed by atoms with Gasteiger partial charge in [0, 0.05) is 39.2 Å². The first-order valence-electron chi connectivity index (χ1n) is 14.1. The minimum Gasteiger partial charge on any atom is -0.507 e. The van der Waals surface area contributed by atoms with Crippen LogP contribution in [0.2, 0.25) is 0 Å². The minimum absolute atomic E-state index is 0.0297. The molecule has 1 heterocycles. The van der Waals surface area contributed by atoms with E-state index in [9.17, 15) is 29.1 Å². The number of allylic oxidation sites excluding steroid dienone is 6. The average molecular weight is 558 g/mol. The first-order valence-corrected chi connectivity index (χ1v) is 14.1. The largest absolute Gasteiger partial charge is 0.507 e. The van der Waals surface area contributed by atoms with Gasteiger partial charge in [-0.2, -0.15) is 0 Å². The van der Waals surface area contributed by atoms with Crippen LogP contribution >= 0.6 is 0 Å². The maximum Gasteiger partial charge on any atom is 0.238 e. The molecular weight excluding hydrogens is 530 g/mol. The van der Waals surface area contributed by atoms with Crippen LogP contribution in [-0.2, 0) is 19.2 Å². The maximum atomic E-state index is 14.0. The van der Waals surface area contributed by atoms with Crippen LogP contribution in [0.3, 0.4) is 0 Å². The molecule has 4 aliphatic rings. The van der Waals surface area contributed by atoms with Gasteiger partial charge in [-0.1, -0.05) is 48.0 Å². The number of amides is 2. The summed E-state index contributed by atoms with van der Waals surface area (Å²) < 4.78 is 0. The zero-order chi connectivity index (χ0) is 29.4. The molecule has 1 aliphatic heterocycles. The Morgan fingerprint density at radius 3 is 2.38 bits per heavy atom. The number of nitrogens with zero attached hydrogens (tertiary/aromatic N) is 1. The summed E-state index contributed by atoms with van der Waals surface area (Å²) >= 11 is 0. The van der Waals surface area contributed by atoms with Crippen molar-refractivity contribution >= 4 is 45.6 Å². The number of carbonyl (C=O) groups excluding carboxylic acids is 5. The number of carbonyl (C=O) groups is 5. The molecule has 0 spiro atoms. The first kappa shape index (κ1) is 26.0. The van der Waals surface area contributed by atoms with E-state index in [0.29, 0.717) is 45.3 Å². The lowest BCUT2D eigenvalue weighted by atomic mass is 9.59. The van der Waals surface area contributed by atoms with Gasteiger partial charge in [0.25, 0.3) is 0 Å². The van der Waals surface area contributed by atoms with Crippen LogP contribution in [-0.4, -0.2) is 34.3 Å². The van der Waals surface area contributed by atoms with Crippen molar-refractivity contribution in [3.63, 3.8) is 0 Å². The Balaban J connectivity index is 1.37. The topological polar surface area (TPSA) is 109 Å². The van der Waals surface area contributed by atoms with Crippen LogP contribution in [0.15, 0.2) is 95.1 Å². The predicted octanol–water partition coefficient (Wildman–Crippen LogP) is 5.38. The molecular formula is C35H27NO6. The van der Waals surface area contributed by atoms with Crippen molar-refractivity contribution in [2.24, 2.45) is 17.8 Å². The van der Waals surface area contributed by atoms with E-state index in [0.717, 1.165) is 11.0 Å². The van der Waals surface area contributed by atoms with Crippen molar-refractivity contribution in [2.45, 2.75) is 32.6 Å². The lowest BCUT2D eigenvalue weighted by Crippen LogP contribution is -2.39. The molecule has 3 aromatic rings. The van der Waals surface area contributed by atoms with E-state index < -0.39 is 23.7 Å². The summed E-state index contributed by atoms with van der Waals surface area (Å²) in [5, 5.41) is 13.0. The lowest BCUT2D eigenvalue weighted by molar-refractivity contribution is -0.123. The predicted molar refractivity (Wildman–Crippen MR) is 156 cm³/mol. The fourth-order valence-corrected chi connectivity index (χ4v) is 7.32. The Hall–Kier alpha value is -4.91. The van der Waals surface area contributed by atoms with Gasteiger partial charge in [-0.15, -0.1) is 0 Å². The summed E-state index contributed by atoms with van der Waals surface area (Å²) in [6, 6.07) is 17.5. The summed E-state index contributed by atoms with van der Waals surface area (Å²) in [7, 11) is 0. The van der Waals surface area contributed by atoms with E-state index in [-0.39, 0.29) is 41.3 Å². The Morgan fingerprint density at radius 1 is 0.905 bits per heavy atom. The van der Waals surface area contributed by atoms with Crippen LogP contribution in [0.4, 0.5) is 5.69 Å². The lowest BCUT2D eigenvalue weighted by Gasteiger charge is -2.42. The molecule has 3 aliphatic carbocycles. The molecule has 2 amide bonds. The number of benzene rings is 3. The average Bonchev–Trinajstić information content (AvgIpc) is 3.25. The van der Waals surface area contributed by atoms with E-state index >= 15 is 0 Å². The second-order valence-electron chi connectivity index (χ2n) is 11.6. The number of hydrogen-bond acceptors (Lipinski definition) is 6. The van der Waals surface area contributed by atoms with E-state index in [1.54, 1.807) is 37.3 Å². The fraction of sp³-hybridized carbons (Fsp3) is 0.229. The van der Waals surface area contributed by atoms with Crippen molar-refractivity contribution in [2.75, 3.05) is 4.90 Å². The van der Waals surface area contributed by atoms with Crippen LogP contribution in [0.25, 0.3) is 10.8 Å². The molecule has 0 saturated carbocycles. The molecule has 7 rings (SSSR count). The molecule has 7 heteroatoms. The van der Waals surface area contributed by atoms with Crippen LogP contribution in [0, 0.1) is 17.8 Å². The Bertz CT molecular complexity index is 1870. The zero-order valence-electron chi connectivity index (χ0n) is 23.1. The number of anilines is 1. The van der Waals surface area contributed by atoms with Crippen molar-refractivity contribution in [1.82, 2.24) is 0 Å². The SMILES string of the molecule is CC(=O)c1ccc(N2C(=O)[C@H]3[C@H](CC=C4[C@H](c5ccc6ccccc6c5O)C5=C(C[C@H]43)C(=O)C=C(C)C5=O)C2=O)cc1. The molecule has 42 heavy (non-hydrogen) atoms. The van der Waals surface area contributed by atoms with Crippen LogP contribution in [0.5, 0.6) is 5.75 Å². The van der Waals surface area contributed by atoms with Gasteiger partial charge in [-0.05, 0) is 68.3 Å². The molecule has 1 saturated heterocycles. The smallest absolute Gasteiger partial charge is 0.238 e. The van der Waals surface area contributed by atoms with Crippen LogP contribution < -0.4 is 4.90 Å². The number of phenolic OH excluding ortho intramolecular Hbond substituents is 1. The number of aromatic hydroxyl groups is 1. The molecule has 7 nitrogen and oxygen atoms in total. The number of ketones is 3. The summed E-state index contributed by atoms with van der Waals surface area (Å²) in [5.74, 6) is -3.85. The highest BCUT2D eigenvalue weighted by molar-refractivity contribution is 6.25. The monoisotopic (exact) mass is 557 g/mol. The molecule has 4 atom stereocenters. The highest BCUT2D eigenvalue weighted by Crippen LogP contribution is 2.56. The summed E-state index contributed by atoms with van der Waals surface area (Å²) in [6.07, 6.45) is 3.75. The zero-order valence-corrected chi connectivity index (χ0v) is 23.1. The molecule has 0 unspecified atom stereocenters. The third-order valence-corrected chi connectivity index (χ3v) is 9.34. The second kappa shape index (κ2) is 9.31. The van der Waals surface area contributed by atoms with Gasteiger partial charge in [0.15, 0.2) is 17.3 Å². The Morgan fingerprint density at radius 2 is 1.64 bits per heavy atom. The number of phenols is 1. The fourth-order valence-electron chi connectivity index (χ4n) is 7.32. The van der Waals surface area contributed by atoms with E-state index in [4.69, 9.17) is 0 Å². The van der Waals surface area contributed by atoms with Crippen molar-refractivity contribution < 1.29 is 29.1 Å². The summed E-state index contributed by atoms with van der Waals surface area (Å²) in [6.45, 7) is 3.07. The molecule has 1 N–H and O–H groups in total. The van der Waals surface area contributed by atoms with Crippen LogP contribution in [0.1, 0.15) is 48.5 Å².